The summed E-state index contributed by atoms with van der Waals surface area (Å²) >= 11 is 0. The van der Waals surface area contributed by atoms with Crippen LogP contribution in [-0.4, -0.2) is 46.7 Å². The summed E-state index contributed by atoms with van der Waals surface area (Å²) in [6.07, 6.45) is 1.66. The molecule has 0 unspecified atom stereocenters. The van der Waals surface area contributed by atoms with E-state index in [1.807, 2.05) is 12.1 Å². The van der Waals surface area contributed by atoms with E-state index < -0.39 is 10.0 Å². The highest BCUT2D eigenvalue weighted by atomic mass is 32.2. The molecule has 0 aromatic carbocycles. The van der Waals surface area contributed by atoms with Gasteiger partial charge in [0.1, 0.15) is 5.69 Å². The van der Waals surface area contributed by atoms with Gasteiger partial charge in [-0.1, -0.05) is 11.2 Å². The second-order valence-electron chi connectivity index (χ2n) is 4.59. The van der Waals surface area contributed by atoms with Crippen LogP contribution in [0.5, 0.6) is 0 Å². The third-order valence-corrected chi connectivity index (χ3v) is 5.11. The molecular formula is C12H14N4O3S. The van der Waals surface area contributed by atoms with E-state index in [1.165, 1.54) is 4.31 Å². The van der Waals surface area contributed by atoms with Crippen LogP contribution in [0.2, 0.25) is 0 Å². The molecule has 2 aromatic rings. The van der Waals surface area contributed by atoms with Gasteiger partial charge in [0.05, 0.1) is 11.7 Å². The van der Waals surface area contributed by atoms with Gasteiger partial charge in [-0.2, -0.15) is 4.98 Å². The molecule has 0 saturated carbocycles. The number of aromatic nitrogens is 3. The Morgan fingerprint density at radius 3 is 2.85 bits per heavy atom. The van der Waals surface area contributed by atoms with Crippen LogP contribution in [0.15, 0.2) is 28.9 Å². The number of pyridine rings is 1. The fourth-order valence-corrected chi connectivity index (χ4v) is 3.18. The minimum absolute atomic E-state index is 0.0266. The van der Waals surface area contributed by atoms with Crippen LogP contribution in [0.4, 0.5) is 0 Å². The average Bonchev–Trinajstić information content (AvgIpc) is 2.87. The molecule has 0 amide bonds. The quantitative estimate of drug-likeness (QED) is 0.831. The first kappa shape index (κ1) is 13.2. The van der Waals surface area contributed by atoms with Gasteiger partial charge in [0.2, 0.25) is 21.7 Å². The van der Waals surface area contributed by atoms with Crippen molar-refractivity contribution in [2.75, 3.05) is 18.8 Å². The molecular weight excluding hydrogens is 280 g/mol. The Labute approximate surface area is 116 Å². The Morgan fingerprint density at radius 1 is 1.40 bits per heavy atom. The summed E-state index contributed by atoms with van der Waals surface area (Å²) in [6, 6.07) is 5.45. The van der Waals surface area contributed by atoms with Crippen molar-refractivity contribution >= 4 is 10.0 Å². The highest BCUT2D eigenvalue weighted by Crippen LogP contribution is 2.29. The monoisotopic (exact) mass is 294 g/mol. The van der Waals surface area contributed by atoms with E-state index in [2.05, 4.69) is 15.1 Å². The van der Waals surface area contributed by atoms with E-state index in [0.717, 1.165) is 0 Å². The Bertz CT molecular complexity index is 693. The minimum atomic E-state index is -3.12. The van der Waals surface area contributed by atoms with Gasteiger partial charge in [0.25, 0.3) is 0 Å². The first-order valence-corrected chi connectivity index (χ1v) is 7.94. The lowest BCUT2D eigenvalue weighted by molar-refractivity contribution is 0.217. The summed E-state index contributed by atoms with van der Waals surface area (Å²) < 4.78 is 29.9. The van der Waals surface area contributed by atoms with Crippen LogP contribution in [-0.2, 0) is 10.0 Å². The third kappa shape index (κ3) is 2.32. The van der Waals surface area contributed by atoms with Crippen molar-refractivity contribution in [1.82, 2.24) is 19.4 Å². The molecule has 0 spiro atoms. The molecule has 20 heavy (non-hydrogen) atoms. The summed E-state index contributed by atoms with van der Waals surface area (Å²) in [5.41, 5.74) is 0.639. The van der Waals surface area contributed by atoms with E-state index in [-0.39, 0.29) is 11.7 Å². The van der Waals surface area contributed by atoms with Crippen molar-refractivity contribution in [3.8, 4) is 11.5 Å². The van der Waals surface area contributed by atoms with Crippen LogP contribution in [0.3, 0.4) is 0 Å². The first-order chi connectivity index (χ1) is 9.60. The summed E-state index contributed by atoms with van der Waals surface area (Å²) in [6.45, 7) is 2.44. The van der Waals surface area contributed by atoms with Crippen molar-refractivity contribution in [2.24, 2.45) is 0 Å². The topological polar surface area (TPSA) is 89.2 Å². The first-order valence-electron chi connectivity index (χ1n) is 6.33. The minimum Gasteiger partial charge on any atom is -0.339 e. The molecule has 7 nitrogen and oxygen atoms in total. The molecule has 106 valence electrons. The van der Waals surface area contributed by atoms with E-state index >= 15 is 0 Å². The molecule has 0 aliphatic carbocycles. The fourth-order valence-electron chi connectivity index (χ4n) is 2.00. The zero-order chi connectivity index (χ0) is 14.2. The molecule has 1 fully saturated rings. The SMILES string of the molecule is CCS(=O)(=O)N1CC(c2nc(-c3ccccn3)no2)C1. The maximum atomic E-state index is 11.6. The van der Waals surface area contributed by atoms with E-state index in [9.17, 15) is 8.42 Å². The van der Waals surface area contributed by atoms with Crippen LogP contribution < -0.4 is 0 Å². The van der Waals surface area contributed by atoms with Gasteiger partial charge in [-0.25, -0.2) is 12.7 Å². The zero-order valence-electron chi connectivity index (χ0n) is 10.9. The van der Waals surface area contributed by atoms with Crippen LogP contribution in [0.25, 0.3) is 11.5 Å². The van der Waals surface area contributed by atoms with E-state index in [0.29, 0.717) is 30.5 Å². The largest absolute Gasteiger partial charge is 0.339 e. The van der Waals surface area contributed by atoms with Crippen LogP contribution >= 0.6 is 0 Å². The summed E-state index contributed by atoms with van der Waals surface area (Å²) in [7, 11) is -3.12. The lowest BCUT2D eigenvalue weighted by Gasteiger charge is -2.35. The van der Waals surface area contributed by atoms with E-state index in [4.69, 9.17) is 4.52 Å². The maximum Gasteiger partial charge on any atom is 0.232 e. The zero-order valence-corrected chi connectivity index (χ0v) is 11.7. The van der Waals surface area contributed by atoms with Gasteiger partial charge < -0.3 is 4.52 Å². The Balaban J connectivity index is 1.71. The second-order valence-corrected chi connectivity index (χ2v) is 6.84. The fraction of sp³-hybridized carbons (Fsp3) is 0.417. The highest BCUT2D eigenvalue weighted by molar-refractivity contribution is 7.89. The molecule has 0 radical (unpaired) electrons. The van der Waals surface area contributed by atoms with Crippen LogP contribution in [0, 0.1) is 0 Å². The molecule has 0 atom stereocenters. The third-order valence-electron chi connectivity index (χ3n) is 3.29. The second kappa shape index (κ2) is 4.95. The summed E-state index contributed by atoms with van der Waals surface area (Å²) in [5, 5.41) is 3.88. The predicted octanol–water partition coefficient (Wildman–Crippen LogP) is 0.881. The van der Waals surface area contributed by atoms with Crippen LogP contribution in [0.1, 0.15) is 18.7 Å². The number of sulfonamides is 1. The lowest BCUT2D eigenvalue weighted by atomic mass is 10.0. The van der Waals surface area contributed by atoms with Gasteiger partial charge in [-0.15, -0.1) is 0 Å². The Kier molecular flexibility index (Phi) is 3.27. The molecule has 1 saturated heterocycles. The van der Waals surface area contributed by atoms with Gasteiger partial charge >= 0.3 is 0 Å². The molecule has 1 aliphatic heterocycles. The van der Waals surface area contributed by atoms with Crippen molar-refractivity contribution < 1.29 is 12.9 Å². The van der Waals surface area contributed by atoms with E-state index in [1.54, 1.807) is 19.2 Å². The van der Waals surface area contributed by atoms with Crippen molar-refractivity contribution in [1.29, 1.82) is 0 Å². The molecule has 8 heteroatoms. The van der Waals surface area contributed by atoms with Gasteiger partial charge in [0.15, 0.2) is 0 Å². The lowest BCUT2D eigenvalue weighted by Crippen LogP contribution is -2.49. The molecule has 0 N–H and O–H groups in total. The molecule has 3 rings (SSSR count). The number of hydrogen-bond acceptors (Lipinski definition) is 6. The van der Waals surface area contributed by atoms with Crippen molar-refractivity contribution in [2.45, 2.75) is 12.8 Å². The highest BCUT2D eigenvalue weighted by Gasteiger charge is 2.38. The Hall–Kier alpha value is -1.80. The number of rotatable bonds is 4. The molecule has 2 aromatic heterocycles. The van der Waals surface area contributed by atoms with Gasteiger partial charge in [-0.05, 0) is 19.1 Å². The van der Waals surface area contributed by atoms with Crippen molar-refractivity contribution in [3.05, 3.63) is 30.3 Å². The Morgan fingerprint density at radius 2 is 2.20 bits per heavy atom. The van der Waals surface area contributed by atoms with Crippen molar-refractivity contribution in [3.63, 3.8) is 0 Å². The average molecular weight is 294 g/mol. The number of hydrogen-bond donors (Lipinski definition) is 0. The van der Waals surface area contributed by atoms with Gasteiger partial charge in [-0.3, -0.25) is 4.98 Å². The number of nitrogens with zero attached hydrogens (tertiary/aromatic N) is 4. The molecule has 1 aliphatic rings. The molecule has 0 bridgehead atoms. The maximum absolute atomic E-state index is 11.6. The standard InChI is InChI=1S/C12H14N4O3S/c1-2-20(17,18)16-7-9(8-16)12-14-11(15-19-12)10-5-3-4-6-13-10/h3-6,9H,2,7-8H2,1H3. The summed E-state index contributed by atoms with van der Waals surface area (Å²) in [4.78, 5) is 8.42. The van der Waals surface area contributed by atoms with Gasteiger partial charge in [0, 0.05) is 19.3 Å². The predicted molar refractivity (Wildman–Crippen MR) is 71.3 cm³/mol. The summed E-state index contributed by atoms with van der Waals surface area (Å²) in [5.74, 6) is 0.981. The smallest absolute Gasteiger partial charge is 0.232 e. The normalized spacial score (nSPS) is 17.1. The molecule has 3 heterocycles.